The van der Waals surface area contributed by atoms with Gasteiger partial charge in [-0.05, 0) is 126 Å². The molecule has 36 nitrogen and oxygen atoms in total. The molecule has 0 spiro atoms. The van der Waals surface area contributed by atoms with Crippen LogP contribution in [0.4, 0.5) is 26.7 Å². The third-order valence-electron chi connectivity index (χ3n) is 20.6. The van der Waals surface area contributed by atoms with Crippen molar-refractivity contribution in [3.8, 4) is 23.0 Å². The Hall–Kier alpha value is -10.1. The van der Waals surface area contributed by atoms with E-state index in [0.29, 0.717) is 167 Å². The van der Waals surface area contributed by atoms with Gasteiger partial charge in [0.2, 0.25) is 23.6 Å². The molecule has 0 bridgehead atoms. The Labute approximate surface area is 710 Å². The van der Waals surface area contributed by atoms with Crippen LogP contribution in [-0.4, -0.2) is 280 Å². The number of aliphatic hydroxyl groups excluding tert-OH is 1. The second-order valence-corrected chi connectivity index (χ2v) is 31.0. The molecule has 36 heteroatoms. The number of amides is 10. The lowest BCUT2D eigenvalue weighted by molar-refractivity contribution is -0.195. The highest BCUT2D eigenvalue weighted by Gasteiger charge is 2.50. The van der Waals surface area contributed by atoms with Gasteiger partial charge in [0.05, 0.1) is 155 Å². The summed E-state index contributed by atoms with van der Waals surface area (Å²) in [4.78, 5) is 140. The van der Waals surface area contributed by atoms with E-state index in [-0.39, 0.29) is 122 Å². The summed E-state index contributed by atoms with van der Waals surface area (Å²) in [7, 11) is 2.90. The molecule has 0 aromatic heterocycles. The fourth-order valence-corrected chi connectivity index (χ4v) is 14.3. The molecule has 3 saturated heterocycles. The smallest absolute Gasteiger partial charge is 0.417 e. The molecule has 10 rings (SSSR count). The van der Waals surface area contributed by atoms with Gasteiger partial charge in [-0.1, -0.05) is 44.2 Å². The fraction of sp³-hybridized carbons (Fsp3) is 0.581. The number of carbonyl (C=O) groups excluding carboxylic acids is 10. The van der Waals surface area contributed by atoms with E-state index in [4.69, 9.17) is 75.8 Å². The van der Waals surface area contributed by atoms with Gasteiger partial charge >= 0.3 is 12.2 Å². The summed E-state index contributed by atoms with van der Waals surface area (Å²) in [6.45, 7) is 17.0. The van der Waals surface area contributed by atoms with Crippen LogP contribution in [-0.2, 0) is 105 Å². The van der Waals surface area contributed by atoms with Crippen LogP contribution >= 0.6 is 0 Å². The maximum Gasteiger partial charge on any atom is 0.417 e. The number of anilines is 3. The van der Waals surface area contributed by atoms with Crippen LogP contribution in [0.3, 0.4) is 0 Å². The van der Waals surface area contributed by atoms with E-state index in [2.05, 4.69) is 21.3 Å². The van der Waals surface area contributed by atoms with Crippen molar-refractivity contribution in [2.45, 2.75) is 168 Å². The molecule has 7 atom stereocenters. The number of nitrogens with one attached hydrogen (secondary N) is 4. The molecule has 3 fully saturated rings. The lowest BCUT2D eigenvalue weighted by Crippen LogP contribution is -2.54. The minimum Gasteiger partial charge on any atom is -0.493 e. The number of carbonyl (C=O) groups is 10. The molecule has 6 aliphatic rings. The zero-order valence-electron chi connectivity index (χ0n) is 70.8. The van der Waals surface area contributed by atoms with E-state index in [0.717, 1.165) is 22.6 Å². The van der Waals surface area contributed by atoms with Crippen molar-refractivity contribution in [1.29, 1.82) is 0 Å². The first-order valence-electron chi connectivity index (χ1n) is 41.6. The molecule has 0 saturated carbocycles. The van der Waals surface area contributed by atoms with Gasteiger partial charge in [-0.3, -0.25) is 43.3 Å². The lowest BCUT2D eigenvalue weighted by Gasteiger charge is -2.39. The highest BCUT2D eigenvalue weighted by atomic mass is 16.7. The standard InChI is InChI=1S/C86H117N9O27/c1-56(2)77(90-73(97)26-32-109-34-36-111-38-40-113-42-44-115-46-47-116-45-43-114-41-39-112-37-35-110-33-27-87-72(96)25-30-93-74(98)23-24-75(93)99)79(101)88-57(3)78(100)89-61-21-19-58(20-22-61)53-120-84(105)94-66-51-70(68(107-7)49-62(66)80(102)91-28-12-16-64(91)82(94)104)118-54-59-14-11-15-60(48-59)55-119-71-52-67-63(50-69(71)108-8)81(103)92-29-13-17-65(92)83(121-76-18-9-10-31-117-76)95(67)85(106)122-86(4,5)6/h11,14-15,19-24,48-52,56-57,64-65,76-77,82-83,104H,9-10,12-13,16-18,25-47,53-55H2,1-8H3,(H,87,96)(H,88,101)(H,89,100)(H,90,97)/t57-,64-,65-,76?,77-,82-,83-/m0/s1. The summed E-state index contributed by atoms with van der Waals surface area (Å²) in [5, 5.41) is 23.0. The molecule has 4 aromatic rings. The van der Waals surface area contributed by atoms with Crippen molar-refractivity contribution in [3.05, 3.63) is 113 Å². The number of hydrogen-bond acceptors (Lipinski definition) is 27. The molecule has 6 aliphatic heterocycles. The van der Waals surface area contributed by atoms with Crippen LogP contribution in [0.15, 0.2) is 84.9 Å². The Kier molecular flexibility index (Phi) is 36.7. The summed E-state index contributed by atoms with van der Waals surface area (Å²) in [5.74, 6) is -2.85. The number of aliphatic hydroxyl groups is 1. The molecule has 6 heterocycles. The average Bonchev–Trinajstić information content (AvgIpc) is 1.59. The number of rotatable bonds is 48. The predicted molar refractivity (Wildman–Crippen MR) is 439 cm³/mol. The number of hydrogen-bond donors (Lipinski definition) is 5. The van der Waals surface area contributed by atoms with Gasteiger partial charge in [-0.25, -0.2) is 19.4 Å². The topological polar surface area (TPSA) is 403 Å². The normalized spacial score (nSPS) is 18.6. The minimum atomic E-state index is -1.52. The van der Waals surface area contributed by atoms with E-state index in [9.17, 15) is 53.1 Å². The summed E-state index contributed by atoms with van der Waals surface area (Å²) in [6, 6.07) is 16.8. The molecule has 1 unspecified atom stereocenters. The van der Waals surface area contributed by atoms with E-state index in [1.807, 2.05) is 24.3 Å². The molecule has 122 heavy (non-hydrogen) atoms. The minimum absolute atomic E-state index is 0.00426. The van der Waals surface area contributed by atoms with Crippen LogP contribution in [0, 0.1) is 5.92 Å². The number of nitrogens with zero attached hydrogens (tertiary/aromatic N) is 5. The van der Waals surface area contributed by atoms with Crippen LogP contribution in [0.5, 0.6) is 23.0 Å². The van der Waals surface area contributed by atoms with Crippen LogP contribution in [0.25, 0.3) is 0 Å². The van der Waals surface area contributed by atoms with Crippen LogP contribution < -0.4 is 50.0 Å². The Morgan fingerprint density at radius 2 is 1.05 bits per heavy atom. The molecular formula is C86H117N9O27. The predicted octanol–water partition coefficient (Wildman–Crippen LogP) is 6.71. The Bertz CT molecular complexity index is 4180. The Morgan fingerprint density at radius 3 is 1.57 bits per heavy atom. The first-order valence-corrected chi connectivity index (χ1v) is 41.6. The maximum absolute atomic E-state index is 14.5. The van der Waals surface area contributed by atoms with Crippen molar-refractivity contribution in [2.24, 2.45) is 5.92 Å². The number of methoxy groups -OCH3 is 2. The van der Waals surface area contributed by atoms with Crippen molar-refractivity contribution in [1.82, 2.24) is 30.7 Å². The third kappa shape index (κ3) is 27.4. The lowest BCUT2D eigenvalue weighted by atomic mass is 10.0. The first kappa shape index (κ1) is 94.1. The van der Waals surface area contributed by atoms with E-state index in [1.165, 1.54) is 50.3 Å². The second-order valence-electron chi connectivity index (χ2n) is 31.0. The van der Waals surface area contributed by atoms with Crippen molar-refractivity contribution in [3.63, 3.8) is 0 Å². The molecule has 4 aromatic carbocycles. The zero-order valence-corrected chi connectivity index (χ0v) is 70.8. The Balaban J connectivity index is 0.608. The molecular weight excluding hydrogens is 1590 g/mol. The van der Waals surface area contributed by atoms with Gasteiger partial charge in [0.1, 0.15) is 37.5 Å². The maximum atomic E-state index is 14.5. The number of imide groups is 1. The van der Waals surface area contributed by atoms with Gasteiger partial charge in [0.25, 0.3) is 23.6 Å². The zero-order chi connectivity index (χ0) is 87.1. The summed E-state index contributed by atoms with van der Waals surface area (Å²) < 4.78 is 93.4. The first-order chi connectivity index (χ1) is 58.9. The van der Waals surface area contributed by atoms with Gasteiger partial charge in [-0.2, -0.15) is 0 Å². The highest BCUT2D eigenvalue weighted by molar-refractivity contribution is 6.13. The third-order valence-corrected chi connectivity index (χ3v) is 20.6. The van der Waals surface area contributed by atoms with Crippen LogP contribution in [0.2, 0.25) is 0 Å². The quantitative estimate of drug-likeness (QED) is 0.0226. The monoisotopic (exact) mass is 1710 g/mol. The van der Waals surface area contributed by atoms with E-state index in [1.54, 1.807) is 80.8 Å². The average molecular weight is 1710 g/mol. The van der Waals surface area contributed by atoms with Gasteiger partial charge < -0.3 is 112 Å². The van der Waals surface area contributed by atoms with Gasteiger partial charge in [0.15, 0.2) is 41.7 Å². The van der Waals surface area contributed by atoms with E-state index < -0.39 is 96.1 Å². The van der Waals surface area contributed by atoms with Crippen LogP contribution in [0.1, 0.15) is 137 Å². The molecule has 0 aliphatic carbocycles. The summed E-state index contributed by atoms with van der Waals surface area (Å²) in [6.07, 6.45) is 2.32. The van der Waals surface area contributed by atoms with Crippen molar-refractivity contribution < 1.29 is 129 Å². The fourth-order valence-electron chi connectivity index (χ4n) is 14.3. The SMILES string of the molecule is COc1cc2c(cc1OCc1cccc(COc3cc4c(cc3OC)C(=O)N3CCC[C@H]3[C@H](OC3CCCCO3)N4C(=O)OC(C)(C)C)c1)N(C(=O)OCc1ccc(NC(=O)[C@H](C)NC(=O)[C@@H](NC(=O)CCOCCOCCOCCOCCOCCOCCOCCOCCNC(=O)CCN3C(=O)C=CC3=O)C(C)C)cc1)[C@@H](O)[C@@H]1CCCN1C2=O. The second kappa shape index (κ2) is 47.5. The van der Waals surface area contributed by atoms with Crippen molar-refractivity contribution >= 4 is 76.5 Å². The summed E-state index contributed by atoms with van der Waals surface area (Å²) in [5.41, 5.74) is 1.94. The summed E-state index contributed by atoms with van der Waals surface area (Å²) >= 11 is 0. The van der Waals surface area contributed by atoms with E-state index >= 15 is 0 Å². The number of fused-ring (bicyclic) bond motifs is 4. The largest absolute Gasteiger partial charge is 0.493 e. The van der Waals surface area contributed by atoms with Gasteiger partial charge in [-0.15, -0.1) is 0 Å². The number of ether oxygens (including phenoxy) is 16. The molecule has 5 N–H and O–H groups in total. The van der Waals surface area contributed by atoms with Crippen molar-refractivity contribution in [2.75, 3.05) is 168 Å². The van der Waals surface area contributed by atoms with Gasteiger partial charge in [0, 0.05) is 75.6 Å². The molecule has 10 amide bonds. The highest BCUT2D eigenvalue weighted by Crippen LogP contribution is 2.45. The number of benzene rings is 4. The molecule has 668 valence electrons. The Morgan fingerprint density at radius 1 is 0.533 bits per heavy atom. The molecule has 0 radical (unpaired) electrons.